The lowest BCUT2D eigenvalue weighted by molar-refractivity contribution is -0.115. The topological polar surface area (TPSA) is 51.2 Å². The average molecular weight is 341 g/mol. The number of methoxy groups -OCH3 is 1. The van der Waals surface area contributed by atoms with Crippen molar-refractivity contribution < 1.29 is 9.53 Å². The van der Waals surface area contributed by atoms with Gasteiger partial charge in [0.25, 0.3) is 0 Å². The van der Waals surface area contributed by atoms with Crippen molar-refractivity contribution in [3.8, 4) is 5.75 Å². The Morgan fingerprint density at radius 3 is 2.89 bits per heavy atom. The van der Waals surface area contributed by atoms with Crippen LogP contribution < -0.4 is 10.1 Å². The highest BCUT2D eigenvalue weighted by atomic mass is 79.9. The molecular weight excluding hydrogens is 328 g/mol. The summed E-state index contributed by atoms with van der Waals surface area (Å²) in [5.74, 6) is 0.672. The molecule has 0 saturated heterocycles. The van der Waals surface area contributed by atoms with E-state index in [2.05, 4.69) is 26.2 Å². The van der Waals surface area contributed by atoms with E-state index >= 15 is 0 Å². The molecule has 4 nitrogen and oxygen atoms in total. The third-order valence-electron chi connectivity index (χ3n) is 2.45. The Bertz CT molecular complexity index is 598. The van der Waals surface area contributed by atoms with Gasteiger partial charge in [-0.3, -0.25) is 4.79 Å². The number of amides is 1. The summed E-state index contributed by atoms with van der Waals surface area (Å²) < 4.78 is 5.99. The third-order valence-corrected chi connectivity index (χ3v) is 3.94. The lowest BCUT2D eigenvalue weighted by atomic mass is 10.1. The summed E-state index contributed by atoms with van der Waals surface area (Å²) in [7, 11) is 1.61. The first-order chi connectivity index (χ1) is 9.08. The number of carbonyl (C=O) groups is 1. The summed E-state index contributed by atoms with van der Waals surface area (Å²) in [4.78, 5) is 16.1. The lowest BCUT2D eigenvalue weighted by Crippen LogP contribution is -2.14. The molecular formula is C13H13BrN2O2S. The quantitative estimate of drug-likeness (QED) is 0.927. The van der Waals surface area contributed by atoms with Crippen LogP contribution in [0.1, 0.15) is 11.3 Å². The van der Waals surface area contributed by atoms with Gasteiger partial charge in [0.1, 0.15) is 5.75 Å². The van der Waals surface area contributed by atoms with Crippen LogP contribution in [0.25, 0.3) is 0 Å². The van der Waals surface area contributed by atoms with Gasteiger partial charge < -0.3 is 10.1 Å². The number of nitrogens with one attached hydrogen (secondary N) is 1. The van der Waals surface area contributed by atoms with Crippen LogP contribution in [0, 0.1) is 6.92 Å². The second kappa shape index (κ2) is 6.16. The molecule has 0 spiro atoms. The van der Waals surface area contributed by atoms with Crippen molar-refractivity contribution in [2.24, 2.45) is 0 Å². The molecule has 100 valence electrons. The minimum Gasteiger partial charge on any atom is -0.496 e. The molecule has 6 heteroatoms. The summed E-state index contributed by atoms with van der Waals surface area (Å²) >= 11 is 4.83. The monoisotopic (exact) mass is 340 g/mol. The van der Waals surface area contributed by atoms with Gasteiger partial charge in [0.15, 0.2) is 5.13 Å². The second-order valence-electron chi connectivity index (χ2n) is 3.99. The lowest BCUT2D eigenvalue weighted by Gasteiger charge is -2.06. The minimum absolute atomic E-state index is 0.0774. The Balaban J connectivity index is 2.00. The van der Waals surface area contributed by atoms with Crippen LogP contribution in [-0.2, 0) is 11.2 Å². The molecule has 1 aromatic heterocycles. The van der Waals surface area contributed by atoms with Crippen LogP contribution in [0.4, 0.5) is 5.13 Å². The molecule has 0 aliphatic heterocycles. The maximum absolute atomic E-state index is 11.9. The number of anilines is 1. The summed E-state index contributed by atoms with van der Waals surface area (Å²) in [5.41, 5.74) is 1.82. The molecule has 0 bridgehead atoms. The first-order valence-corrected chi connectivity index (χ1v) is 7.30. The zero-order valence-electron chi connectivity index (χ0n) is 10.6. The molecule has 1 aromatic carbocycles. The zero-order valence-corrected chi connectivity index (χ0v) is 13.0. The van der Waals surface area contributed by atoms with Crippen molar-refractivity contribution >= 4 is 38.3 Å². The molecule has 0 atom stereocenters. The molecule has 1 heterocycles. The van der Waals surface area contributed by atoms with Gasteiger partial charge in [0.05, 0.1) is 23.7 Å². The van der Waals surface area contributed by atoms with Crippen LogP contribution in [0.2, 0.25) is 0 Å². The van der Waals surface area contributed by atoms with Crippen LogP contribution in [-0.4, -0.2) is 18.0 Å². The number of rotatable bonds is 4. The van der Waals surface area contributed by atoms with Gasteiger partial charge in [-0.25, -0.2) is 4.98 Å². The van der Waals surface area contributed by atoms with E-state index < -0.39 is 0 Å². The van der Waals surface area contributed by atoms with Gasteiger partial charge in [0, 0.05) is 5.38 Å². The number of benzene rings is 1. The maximum Gasteiger partial charge on any atom is 0.230 e. The molecule has 2 aromatic rings. The van der Waals surface area contributed by atoms with E-state index in [4.69, 9.17) is 4.74 Å². The number of aryl methyl sites for hydroxylation is 1. The fourth-order valence-corrected chi connectivity index (χ4v) is 2.87. The first kappa shape index (κ1) is 14.0. The number of hydrogen-bond donors (Lipinski definition) is 1. The van der Waals surface area contributed by atoms with Crippen molar-refractivity contribution in [1.29, 1.82) is 0 Å². The normalized spacial score (nSPS) is 10.3. The van der Waals surface area contributed by atoms with Crippen molar-refractivity contribution in [2.45, 2.75) is 13.3 Å². The van der Waals surface area contributed by atoms with E-state index in [1.807, 2.05) is 30.5 Å². The van der Waals surface area contributed by atoms with Crippen LogP contribution in [0.5, 0.6) is 5.75 Å². The highest BCUT2D eigenvalue weighted by Gasteiger charge is 2.08. The highest BCUT2D eigenvalue weighted by molar-refractivity contribution is 9.10. The molecule has 0 fully saturated rings. The Labute approximate surface area is 124 Å². The summed E-state index contributed by atoms with van der Waals surface area (Å²) in [6.07, 6.45) is 0.307. The molecule has 0 saturated carbocycles. The van der Waals surface area contributed by atoms with E-state index in [1.165, 1.54) is 11.3 Å². The van der Waals surface area contributed by atoms with E-state index in [0.717, 1.165) is 21.5 Å². The van der Waals surface area contributed by atoms with E-state index in [1.54, 1.807) is 7.11 Å². The summed E-state index contributed by atoms with van der Waals surface area (Å²) in [6, 6.07) is 5.59. The Morgan fingerprint density at radius 2 is 2.32 bits per heavy atom. The number of hydrogen-bond acceptors (Lipinski definition) is 4. The van der Waals surface area contributed by atoms with E-state index in [-0.39, 0.29) is 5.91 Å². The van der Waals surface area contributed by atoms with Crippen molar-refractivity contribution in [3.63, 3.8) is 0 Å². The predicted octanol–water partition coefficient (Wildman–Crippen LogP) is 3.40. The molecule has 2 rings (SSSR count). The van der Waals surface area contributed by atoms with Crippen molar-refractivity contribution in [3.05, 3.63) is 39.3 Å². The SMILES string of the molecule is COc1ccc(CC(=O)Nc2nc(C)cs2)cc1Br. The number of halogens is 1. The molecule has 0 radical (unpaired) electrons. The maximum atomic E-state index is 11.9. The van der Waals surface area contributed by atoms with Gasteiger partial charge in [0.2, 0.25) is 5.91 Å². The fraction of sp³-hybridized carbons (Fsp3) is 0.231. The van der Waals surface area contributed by atoms with Gasteiger partial charge in [-0.15, -0.1) is 11.3 Å². The Morgan fingerprint density at radius 1 is 1.53 bits per heavy atom. The van der Waals surface area contributed by atoms with Gasteiger partial charge in [-0.05, 0) is 40.5 Å². The molecule has 0 aliphatic carbocycles. The molecule has 0 unspecified atom stereocenters. The number of thiazole rings is 1. The summed E-state index contributed by atoms with van der Waals surface area (Å²) in [6.45, 7) is 1.90. The van der Waals surface area contributed by atoms with Crippen molar-refractivity contribution in [1.82, 2.24) is 4.98 Å². The smallest absolute Gasteiger partial charge is 0.230 e. The van der Waals surface area contributed by atoms with Gasteiger partial charge in [-0.1, -0.05) is 6.07 Å². The first-order valence-electron chi connectivity index (χ1n) is 5.63. The standard InChI is InChI=1S/C13H13BrN2O2S/c1-8-7-19-13(15-8)16-12(17)6-9-3-4-11(18-2)10(14)5-9/h3-5,7H,6H2,1-2H3,(H,15,16,17). The number of nitrogens with zero attached hydrogens (tertiary/aromatic N) is 1. The predicted molar refractivity (Wildman–Crippen MR) is 79.9 cm³/mol. The number of aromatic nitrogens is 1. The second-order valence-corrected chi connectivity index (χ2v) is 5.70. The average Bonchev–Trinajstić information content (AvgIpc) is 2.74. The largest absolute Gasteiger partial charge is 0.496 e. The highest BCUT2D eigenvalue weighted by Crippen LogP contribution is 2.25. The zero-order chi connectivity index (χ0) is 13.8. The Hall–Kier alpha value is -1.40. The minimum atomic E-state index is -0.0774. The van der Waals surface area contributed by atoms with Gasteiger partial charge >= 0.3 is 0 Å². The molecule has 0 aliphatic rings. The third kappa shape index (κ3) is 3.78. The van der Waals surface area contributed by atoms with Crippen LogP contribution >= 0.6 is 27.3 Å². The van der Waals surface area contributed by atoms with E-state index in [9.17, 15) is 4.79 Å². The molecule has 19 heavy (non-hydrogen) atoms. The summed E-state index contributed by atoms with van der Waals surface area (Å²) in [5, 5.41) is 5.32. The number of ether oxygens (including phenoxy) is 1. The van der Waals surface area contributed by atoms with Crippen LogP contribution in [0.15, 0.2) is 28.1 Å². The number of carbonyl (C=O) groups excluding carboxylic acids is 1. The fourth-order valence-electron chi connectivity index (χ4n) is 1.58. The van der Waals surface area contributed by atoms with Crippen LogP contribution in [0.3, 0.4) is 0 Å². The molecule has 1 amide bonds. The van der Waals surface area contributed by atoms with Crippen molar-refractivity contribution in [2.75, 3.05) is 12.4 Å². The van der Waals surface area contributed by atoms with Gasteiger partial charge in [-0.2, -0.15) is 0 Å². The molecule has 1 N–H and O–H groups in total. The Kier molecular flexibility index (Phi) is 4.55. The van der Waals surface area contributed by atoms with E-state index in [0.29, 0.717) is 11.6 Å².